The summed E-state index contributed by atoms with van der Waals surface area (Å²) in [5.74, 6) is 0. The van der Waals surface area contributed by atoms with Crippen LogP contribution in [-0.2, 0) is 0 Å². The van der Waals surface area contributed by atoms with Gasteiger partial charge in [0, 0.05) is 0 Å². The summed E-state index contributed by atoms with van der Waals surface area (Å²) in [4.78, 5) is 0. The first-order valence-electron chi connectivity index (χ1n) is 3.97. The molecule has 0 fully saturated rings. The minimum atomic E-state index is 0.00810. The predicted octanol–water partition coefficient (Wildman–Crippen LogP) is 3.36. The topological polar surface area (TPSA) is 0 Å². The number of hydrogen-bond acceptors (Lipinski definition) is 1. The molecule has 1 heteroatoms. The number of rotatable bonds is 0. The van der Waals surface area contributed by atoms with Gasteiger partial charge in [-0.05, 0) is 45.8 Å². The van der Waals surface area contributed by atoms with Crippen LogP contribution in [0.3, 0.4) is 0 Å². The van der Waals surface area contributed by atoms with E-state index in [2.05, 4.69) is 47.2 Å². The maximum Gasteiger partial charge on any atom is 0.0524 e. The summed E-state index contributed by atoms with van der Waals surface area (Å²) in [5, 5.41) is 0. The molecule has 0 saturated carbocycles. The van der Waals surface area contributed by atoms with E-state index in [1.54, 1.807) is 0 Å². The Morgan fingerprint density at radius 1 is 0.909 bits per heavy atom. The molecule has 1 aliphatic rings. The van der Waals surface area contributed by atoms with Gasteiger partial charge in [-0.3, -0.25) is 0 Å². The second-order valence-corrected chi connectivity index (χ2v) is 4.47. The normalized spacial score (nSPS) is 23.5. The molecule has 0 heterocycles. The molecule has 0 bridgehead atoms. The summed E-state index contributed by atoms with van der Waals surface area (Å²) in [6.07, 6.45) is 0. The Morgan fingerprint density at radius 2 is 1.18 bits per heavy atom. The highest BCUT2D eigenvalue weighted by Gasteiger charge is 2.32. The van der Waals surface area contributed by atoms with Crippen molar-refractivity contribution in [2.45, 2.75) is 39.4 Å². The molecule has 0 aromatic carbocycles. The van der Waals surface area contributed by atoms with Crippen LogP contribution in [0, 0.1) is 0 Å². The zero-order valence-corrected chi connectivity index (χ0v) is 8.84. The molecule has 1 rings (SSSR count). The third-order valence-corrected chi connectivity index (χ3v) is 3.82. The van der Waals surface area contributed by atoms with Gasteiger partial charge in [0.1, 0.15) is 0 Å². The maximum absolute atomic E-state index is 4.64. The molecule has 0 unspecified atom stereocenters. The first-order valence-corrected chi connectivity index (χ1v) is 4.42. The lowest BCUT2D eigenvalue weighted by atomic mass is 9.98. The summed E-state index contributed by atoms with van der Waals surface area (Å²) < 4.78 is 0.00810. The molecule has 62 valence electrons. The van der Waals surface area contributed by atoms with Crippen molar-refractivity contribution in [2.75, 3.05) is 0 Å². The average molecular weight is 168 g/mol. The first kappa shape index (κ1) is 8.92. The van der Waals surface area contributed by atoms with Gasteiger partial charge in [0.05, 0.1) is 4.75 Å². The quantitative estimate of drug-likeness (QED) is 0.527. The lowest BCUT2D eigenvalue weighted by Crippen LogP contribution is -2.16. The van der Waals surface area contributed by atoms with Crippen LogP contribution in [-0.4, -0.2) is 4.75 Å². The van der Waals surface area contributed by atoms with Crippen LogP contribution in [0.25, 0.3) is 0 Å². The van der Waals surface area contributed by atoms with Crippen LogP contribution >= 0.6 is 12.6 Å². The van der Waals surface area contributed by atoms with Gasteiger partial charge in [-0.25, -0.2) is 0 Å². The molecule has 0 N–H and O–H groups in total. The fourth-order valence-electron chi connectivity index (χ4n) is 1.57. The summed E-state index contributed by atoms with van der Waals surface area (Å²) >= 11 is 4.64. The Labute approximate surface area is 74.8 Å². The highest BCUT2D eigenvalue weighted by Crippen LogP contribution is 2.43. The van der Waals surface area contributed by atoms with Crippen molar-refractivity contribution in [3.63, 3.8) is 0 Å². The minimum Gasteiger partial charge on any atom is -0.164 e. The summed E-state index contributed by atoms with van der Waals surface area (Å²) in [5.41, 5.74) is 5.63. The van der Waals surface area contributed by atoms with Gasteiger partial charge in [-0.2, -0.15) is 12.6 Å². The molecule has 0 saturated heterocycles. The molecule has 0 radical (unpaired) electrons. The van der Waals surface area contributed by atoms with Gasteiger partial charge in [-0.1, -0.05) is 11.1 Å². The number of hydrogen-bond donors (Lipinski definition) is 1. The van der Waals surface area contributed by atoms with Gasteiger partial charge in [0.2, 0.25) is 0 Å². The fourth-order valence-corrected chi connectivity index (χ4v) is 1.91. The van der Waals surface area contributed by atoms with Gasteiger partial charge >= 0.3 is 0 Å². The molecule has 1 aliphatic carbocycles. The summed E-state index contributed by atoms with van der Waals surface area (Å²) in [6.45, 7) is 10.9. The molecular formula is C10H16S. The van der Waals surface area contributed by atoms with E-state index >= 15 is 0 Å². The Morgan fingerprint density at radius 3 is 1.27 bits per heavy atom. The molecule has 0 spiro atoms. The fraction of sp³-hybridized carbons (Fsp3) is 0.600. The Kier molecular flexibility index (Phi) is 1.96. The molecule has 0 nitrogen and oxygen atoms in total. The van der Waals surface area contributed by atoms with E-state index in [-0.39, 0.29) is 4.75 Å². The van der Waals surface area contributed by atoms with Crippen LogP contribution < -0.4 is 0 Å². The third kappa shape index (κ3) is 1.06. The minimum absolute atomic E-state index is 0.00810. The van der Waals surface area contributed by atoms with Crippen molar-refractivity contribution >= 4 is 12.6 Å². The van der Waals surface area contributed by atoms with E-state index in [1.165, 1.54) is 22.3 Å². The smallest absolute Gasteiger partial charge is 0.0524 e. The number of allylic oxidation sites excluding steroid dienone is 2. The second-order valence-electron chi connectivity index (χ2n) is 3.57. The zero-order chi connectivity index (χ0) is 8.81. The van der Waals surface area contributed by atoms with Crippen molar-refractivity contribution in [1.82, 2.24) is 0 Å². The first-order chi connectivity index (χ1) is 4.89. The highest BCUT2D eigenvalue weighted by atomic mass is 32.1. The zero-order valence-electron chi connectivity index (χ0n) is 7.95. The maximum atomic E-state index is 4.64. The lowest BCUT2D eigenvalue weighted by molar-refractivity contribution is 0.883. The standard InChI is InChI=1S/C10H16S/c1-6-7(2)9(4)10(5,11)8(6)3/h11H,1-5H3. The van der Waals surface area contributed by atoms with Crippen LogP contribution in [0.2, 0.25) is 0 Å². The average Bonchev–Trinajstić information content (AvgIpc) is 2.06. The van der Waals surface area contributed by atoms with E-state index in [1.807, 2.05) is 0 Å². The molecule has 11 heavy (non-hydrogen) atoms. The van der Waals surface area contributed by atoms with Crippen LogP contribution in [0.5, 0.6) is 0 Å². The molecule has 0 amide bonds. The van der Waals surface area contributed by atoms with Gasteiger partial charge in [0.25, 0.3) is 0 Å². The SMILES string of the molecule is CC1=C(C)C(C)(S)C(C)=C1C. The summed E-state index contributed by atoms with van der Waals surface area (Å²) in [6, 6.07) is 0. The Hall–Kier alpha value is -0.170. The van der Waals surface area contributed by atoms with E-state index in [0.717, 1.165) is 0 Å². The number of thiol groups is 1. The van der Waals surface area contributed by atoms with Crippen molar-refractivity contribution in [2.24, 2.45) is 0 Å². The molecule has 0 aromatic heterocycles. The summed E-state index contributed by atoms with van der Waals surface area (Å²) in [7, 11) is 0. The van der Waals surface area contributed by atoms with Crippen molar-refractivity contribution < 1.29 is 0 Å². The van der Waals surface area contributed by atoms with Crippen LogP contribution in [0.4, 0.5) is 0 Å². The van der Waals surface area contributed by atoms with Gasteiger partial charge in [0.15, 0.2) is 0 Å². The Bertz CT molecular complexity index is 228. The molecule has 0 aliphatic heterocycles. The van der Waals surface area contributed by atoms with Crippen molar-refractivity contribution in [1.29, 1.82) is 0 Å². The molecule has 0 atom stereocenters. The monoisotopic (exact) mass is 168 g/mol. The van der Waals surface area contributed by atoms with Crippen molar-refractivity contribution in [3.05, 3.63) is 22.3 Å². The molecule has 0 aromatic rings. The van der Waals surface area contributed by atoms with Crippen molar-refractivity contribution in [3.8, 4) is 0 Å². The van der Waals surface area contributed by atoms with Gasteiger partial charge < -0.3 is 0 Å². The Balaban J connectivity index is 3.27. The van der Waals surface area contributed by atoms with E-state index in [0.29, 0.717) is 0 Å². The van der Waals surface area contributed by atoms with Crippen LogP contribution in [0.1, 0.15) is 34.6 Å². The van der Waals surface area contributed by atoms with E-state index < -0.39 is 0 Å². The highest BCUT2D eigenvalue weighted by molar-refractivity contribution is 7.82. The van der Waals surface area contributed by atoms with E-state index in [9.17, 15) is 0 Å². The van der Waals surface area contributed by atoms with E-state index in [4.69, 9.17) is 0 Å². The molecular weight excluding hydrogens is 152 g/mol. The third-order valence-electron chi connectivity index (χ3n) is 3.15. The van der Waals surface area contributed by atoms with Gasteiger partial charge in [-0.15, -0.1) is 0 Å². The lowest BCUT2D eigenvalue weighted by Gasteiger charge is -2.21. The predicted molar refractivity (Wildman–Crippen MR) is 54.1 cm³/mol. The van der Waals surface area contributed by atoms with Crippen LogP contribution in [0.15, 0.2) is 22.3 Å². The second kappa shape index (κ2) is 2.41. The largest absolute Gasteiger partial charge is 0.164 e.